The first-order valence-electron chi connectivity index (χ1n) is 10.3. The van der Waals surface area contributed by atoms with Gasteiger partial charge >= 0.3 is 0 Å². The molecule has 0 saturated carbocycles. The molecule has 31 heavy (non-hydrogen) atoms. The van der Waals surface area contributed by atoms with Gasteiger partial charge in [0.15, 0.2) is 5.96 Å². The van der Waals surface area contributed by atoms with Gasteiger partial charge in [0.25, 0.3) is 0 Å². The SMILES string of the molecule is CCOCCCNC(=NCc1ccc(OC)cc1)NCC(C)(O)c1ccc(F)cc1F. The van der Waals surface area contributed by atoms with Gasteiger partial charge in [0, 0.05) is 31.4 Å². The number of methoxy groups -OCH3 is 1. The second kappa shape index (κ2) is 12.2. The summed E-state index contributed by atoms with van der Waals surface area (Å²) in [7, 11) is 1.61. The number of guanidine groups is 1. The quantitative estimate of drug-likeness (QED) is 0.287. The summed E-state index contributed by atoms with van der Waals surface area (Å²) < 4.78 is 37.8. The molecule has 6 nitrogen and oxygen atoms in total. The molecule has 0 heterocycles. The molecular formula is C23H31F2N3O3. The van der Waals surface area contributed by atoms with Crippen LogP contribution in [0.3, 0.4) is 0 Å². The molecule has 170 valence electrons. The maximum Gasteiger partial charge on any atom is 0.191 e. The monoisotopic (exact) mass is 435 g/mol. The number of nitrogens with zero attached hydrogens (tertiary/aromatic N) is 1. The summed E-state index contributed by atoms with van der Waals surface area (Å²) in [6.45, 7) is 5.67. The Morgan fingerprint density at radius 2 is 1.87 bits per heavy atom. The zero-order valence-electron chi connectivity index (χ0n) is 18.3. The molecule has 0 radical (unpaired) electrons. The molecule has 0 fully saturated rings. The van der Waals surface area contributed by atoms with Gasteiger partial charge < -0.3 is 25.2 Å². The molecule has 0 amide bonds. The summed E-state index contributed by atoms with van der Waals surface area (Å²) in [6, 6.07) is 10.7. The first-order chi connectivity index (χ1) is 14.9. The molecule has 1 unspecified atom stereocenters. The minimum absolute atomic E-state index is 0.00671. The van der Waals surface area contributed by atoms with Crippen LogP contribution in [0, 0.1) is 11.6 Å². The number of benzene rings is 2. The van der Waals surface area contributed by atoms with Crippen molar-refractivity contribution in [2.75, 3.05) is 33.4 Å². The van der Waals surface area contributed by atoms with Crippen LogP contribution < -0.4 is 15.4 Å². The number of rotatable bonds is 11. The average molecular weight is 436 g/mol. The molecule has 8 heteroatoms. The van der Waals surface area contributed by atoms with Crippen LogP contribution in [0.1, 0.15) is 31.4 Å². The molecular weight excluding hydrogens is 404 g/mol. The highest BCUT2D eigenvalue weighted by Crippen LogP contribution is 2.23. The highest BCUT2D eigenvalue weighted by atomic mass is 19.1. The van der Waals surface area contributed by atoms with E-state index in [1.807, 2.05) is 31.2 Å². The van der Waals surface area contributed by atoms with Gasteiger partial charge in [-0.3, -0.25) is 0 Å². The lowest BCUT2D eigenvalue weighted by atomic mass is 9.95. The third-order valence-electron chi connectivity index (χ3n) is 4.65. The molecule has 0 aliphatic heterocycles. The predicted molar refractivity (Wildman–Crippen MR) is 117 cm³/mol. The molecule has 0 spiro atoms. The predicted octanol–water partition coefficient (Wildman–Crippen LogP) is 3.34. The van der Waals surface area contributed by atoms with Crippen molar-refractivity contribution < 1.29 is 23.4 Å². The number of hydrogen-bond acceptors (Lipinski definition) is 4. The van der Waals surface area contributed by atoms with E-state index in [-0.39, 0.29) is 12.1 Å². The van der Waals surface area contributed by atoms with E-state index in [0.717, 1.165) is 29.9 Å². The zero-order chi connectivity index (χ0) is 22.7. The number of aliphatic imine (C=N–C) groups is 1. The fourth-order valence-electron chi connectivity index (χ4n) is 2.88. The number of ether oxygens (including phenoxy) is 2. The molecule has 2 rings (SSSR count). The molecule has 2 aromatic carbocycles. The Bertz CT molecular complexity index is 842. The van der Waals surface area contributed by atoms with E-state index in [1.165, 1.54) is 13.0 Å². The fraction of sp³-hybridized carbons (Fsp3) is 0.435. The standard InChI is InChI=1S/C23H31F2N3O3/c1-4-31-13-5-12-26-22(27-15-17-6-9-19(30-3)10-7-17)28-16-23(2,29)20-11-8-18(24)14-21(20)25/h6-11,14,29H,4-5,12-13,15-16H2,1-3H3,(H2,26,27,28). The van der Waals surface area contributed by atoms with E-state index >= 15 is 0 Å². The van der Waals surface area contributed by atoms with Crippen LogP contribution in [0.5, 0.6) is 5.75 Å². The topological polar surface area (TPSA) is 75.1 Å². The maximum absolute atomic E-state index is 14.1. The van der Waals surface area contributed by atoms with Crippen LogP contribution in [0.2, 0.25) is 0 Å². The van der Waals surface area contributed by atoms with Crippen molar-refractivity contribution in [3.05, 3.63) is 65.2 Å². The minimum Gasteiger partial charge on any atom is -0.497 e. The van der Waals surface area contributed by atoms with Crippen molar-refractivity contribution in [1.82, 2.24) is 10.6 Å². The third-order valence-corrected chi connectivity index (χ3v) is 4.65. The van der Waals surface area contributed by atoms with Gasteiger partial charge in [0.1, 0.15) is 23.0 Å². The zero-order valence-corrected chi connectivity index (χ0v) is 18.3. The smallest absolute Gasteiger partial charge is 0.191 e. The largest absolute Gasteiger partial charge is 0.497 e. The summed E-state index contributed by atoms with van der Waals surface area (Å²) >= 11 is 0. The Morgan fingerprint density at radius 1 is 1.13 bits per heavy atom. The van der Waals surface area contributed by atoms with Crippen molar-refractivity contribution in [3.63, 3.8) is 0 Å². The van der Waals surface area contributed by atoms with Gasteiger partial charge in [-0.1, -0.05) is 18.2 Å². The van der Waals surface area contributed by atoms with Crippen molar-refractivity contribution >= 4 is 5.96 Å². The Labute approximate surface area is 182 Å². The highest BCUT2D eigenvalue weighted by molar-refractivity contribution is 5.79. The van der Waals surface area contributed by atoms with Gasteiger partial charge in [0.05, 0.1) is 20.2 Å². The summed E-state index contributed by atoms with van der Waals surface area (Å²) in [5.74, 6) is -0.261. The molecule has 3 N–H and O–H groups in total. The molecule has 0 bridgehead atoms. The summed E-state index contributed by atoms with van der Waals surface area (Å²) in [6.07, 6.45) is 0.778. The van der Waals surface area contributed by atoms with Gasteiger partial charge in [0.2, 0.25) is 0 Å². The van der Waals surface area contributed by atoms with Gasteiger partial charge in [-0.2, -0.15) is 0 Å². The van der Waals surface area contributed by atoms with E-state index in [9.17, 15) is 13.9 Å². The lowest BCUT2D eigenvalue weighted by Crippen LogP contribution is -2.45. The third kappa shape index (κ3) is 8.15. The van der Waals surface area contributed by atoms with Crippen LogP contribution >= 0.6 is 0 Å². The summed E-state index contributed by atoms with van der Waals surface area (Å²) in [4.78, 5) is 4.55. The van der Waals surface area contributed by atoms with Crippen molar-refractivity contribution in [3.8, 4) is 5.75 Å². The van der Waals surface area contributed by atoms with Crippen LogP contribution in [-0.2, 0) is 16.9 Å². The lowest BCUT2D eigenvalue weighted by molar-refractivity contribution is 0.0577. The number of hydrogen-bond donors (Lipinski definition) is 3. The Hall–Kier alpha value is -2.71. The van der Waals surface area contributed by atoms with Crippen molar-refractivity contribution in [1.29, 1.82) is 0 Å². The Balaban J connectivity index is 2.05. The highest BCUT2D eigenvalue weighted by Gasteiger charge is 2.27. The van der Waals surface area contributed by atoms with Gasteiger partial charge in [-0.15, -0.1) is 0 Å². The lowest BCUT2D eigenvalue weighted by Gasteiger charge is -2.26. The van der Waals surface area contributed by atoms with Crippen LogP contribution in [-0.4, -0.2) is 44.5 Å². The van der Waals surface area contributed by atoms with E-state index in [4.69, 9.17) is 9.47 Å². The Morgan fingerprint density at radius 3 is 2.52 bits per heavy atom. The van der Waals surface area contributed by atoms with E-state index in [2.05, 4.69) is 15.6 Å². The molecule has 0 aromatic heterocycles. The van der Waals surface area contributed by atoms with E-state index in [0.29, 0.717) is 32.3 Å². The molecule has 2 aromatic rings. The van der Waals surface area contributed by atoms with Crippen molar-refractivity contribution in [2.24, 2.45) is 4.99 Å². The van der Waals surface area contributed by atoms with Gasteiger partial charge in [-0.25, -0.2) is 13.8 Å². The maximum atomic E-state index is 14.1. The van der Waals surface area contributed by atoms with Crippen molar-refractivity contribution in [2.45, 2.75) is 32.4 Å². The molecule has 0 aliphatic carbocycles. The summed E-state index contributed by atoms with van der Waals surface area (Å²) in [5, 5.41) is 17.0. The normalized spacial score (nSPS) is 13.5. The molecule has 0 aliphatic rings. The molecule has 0 saturated heterocycles. The van der Waals surface area contributed by atoms with Gasteiger partial charge in [-0.05, 0) is 44.0 Å². The number of nitrogens with one attached hydrogen (secondary N) is 2. The van der Waals surface area contributed by atoms with E-state index in [1.54, 1.807) is 7.11 Å². The fourth-order valence-corrected chi connectivity index (χ4v) is 2.88. The minimum atomic E-state index is -1.56. The summed E-state index contributed by atoms with van der Waals surface area (Å²) in [5.41, 5.74) is -0.578. The Kier molecular flexibility index (Phi) is 9.68. The van der Waals surface area contributed by atoms with Crippen LogP contribution in [0.4, 0.5) is 8.78 Å². The molecule has 1 atom stereocenters. The number of aliphatic hydroxyl groups is 1. The van der Waals surface area contributed by atoms with Crippen LogP contribution in [0.15, 0.2) is 47.5 Å². The number of halogens is 2. The second-order valence-corrected chi connectivity index (χ2v) is 7.24. The van der Waals surface area contributed by atoms with Crippen LogP contribution in [0.25, 0.3) is 0 Å². The first-order valence-corrected chi connectivity index (χ1v) is 10.3. The second-order valence-electron chi connectivity index (χ2n) is 7.24. The first kappa shape index (κ1) is 24.6. The van der Waals surface area contributed by atoms with E-state index < -0.39 is 17.2 Å². The average Bonchev–Trinajstić information content (AvgIpc) is 2.75.